The van der Waals surface area contributed by atoms with Crippen LogP contribution in [0.2, 0.25) is 0 Å². The Kier molecular flexibility index (Phi) is 3.65. The van der Waals surface area contributed by atoms with Crippen molar-refractivity contribution in [3.63, 3.8) is 0 Å². The van der Waals surface area contributed by atoms with Gasteiger partial charge in [-0.3, -0.25) is 4.79 Å². The van der Waals surface area contributed by atoms with Crippen LogP contribution in [0.3, 0.4) is 0 Å². The van der Waals surface area contributed by atoms with Gasteiger partial charge in [-0.05, 0) is 48.7 Å². The maximum atomic E-state index is 13.0. The second-order valence-corrected chi connectivity index (χ2v) is 4.69. The molecule has 0 atom stereocenters. The van der Waals surface area contributed by atoms with Crippen molar-refractivity contribution in [2.75, 3.05) is 5.73 Å². The molecule has 2 aromatic rings. The minimum atomic E-state index is -0.283. The van der Waals surface area contributed by atoms with Crippen LogP contribution in [-0.4, -0.2) is 5.78 Å². The van der Waals surface area contributed by atoms with E-state index in [9.17, 15) is 9.18 Å². The van der Waals surface area contributed by atoms with Crippen LogP contribution >= 0.6 is 0 Å². The molecule has 0 saturated heterocycles. The Balaban J connectivity index is 2.28. The van der Waals surface area contributed by atoms with E-state index >= 15 is 0 Å². The topological polar surface area (TPSA) is 43.1 Å². The summed E-state index contributed by atoms with van der Waals surface area (Å²) < 4.78 is 13.0. The van der Waals surface area contributed by atoms with Crippen LogP contribution in [0.25, 0.3) is 0 Å². The molecule has 0 aromatic heterocycles. The van der Waals surface area contributed by atoms with Gasteiger partial charge in [-0.2, -0.15) is 0 Å². The monoisotopic (exact) mass is 257 g/mol. The van der Waals surface area contributed by atoms with Gasteiger partial charge in [0.25, 0.3) is 0 Å². The Labute approximate surface area is 112 Å². The zero-order valence-electron chi connectivity index (χ0n) is 11.0. The number of aryl methyl sites for hydroxylation is 1. The third-order valence-corrected chi connectivity index (χ3v) is 3.33. The minimum absolute atomic E-state index is 0.000455. The maximum Gasteiger partial charge on any atom is 0.167 e. The van der Waals surface area contributed by atoms with Crippen molar-refractivity contribution in [2.24, 2.45) is 0 Å². The molecule has 3 heteroatoms. The predicted octanol–water partition coefficient (Wildman–Crippen LogP) is 3.45. The third-order valence-electron chi connectivity index (χ3n) is 3.33. The number of carbonyl (C=O) groups excluding carboxylic acids is 1. The van der Waals surface area contributed by atoms with Gasteiger partial charge in [0.1, 0.15) is 5.82 Å². The summed E-state index contributed by atoms with van der Waals surface area (Å²) in [4.78, 5) is 12.3. The van der Waals surface area contributed by atoms with E-state index in [2.05, 4.69) is 0 Å². The van der Waals surface area contributed by atoms with Crippen LogP contribution in [0.5, 0.6) is 0 Å². The molecule has 0 aliphatic carbocycles. The van der Waals surface area contributed by atoms with Crippen molar-refractivity contribution < 1.29 is 9.18 Å². The van der Waals surface area contributed by atoms with Gasteiger partial charge in [-0.15, -0.1) is 0 Å². The summed E-state index contributed by atoms with van der Waals surface area (Å²) in [5.41, 5.74) is 9.47. The highest BCUT2D eigenvalue weighted by Crippen LogP contribution is 2.19. The molecular formula is C16H16FNO. The first-order valence-corrected chi connectivity index (χ1v) is 6.12. The number of rotatable bonds is 3. The van der Waals surface area contributed by atoms with Crippen molar-refractivity contribution >= 4 is 11.5 Å². The number of nitrogens with two attached hydrogens (primary N) is 1. The van der Waals surface area contributed by atoms with Crippen LogP contribution in [0.1, 0.15) is 27.0 Å². The molecule has 0 bridgehead atoms. The number of carbonyl (C=O) groups is 1. The van der Waals surface area contributed by atoms with Crippen LogP contribution in [0, 0.1) is 19.7 Å². The third kappa shape index (κ3) is 2.81. The highest BCUT2D eigenvalue weighted by molar-refractivity contribution is 6.00. The zero-order valence-corrected chi connectivity index (χ0v) is 11.0. The largest absolute Gasteiger partial charge is 0.398 e. The van der Waals surface area contributed by atoms with Gasteiger partial charge in [0.2, 0.25) is 0 Å². The second kappa shape index (κ2) is 5.22. The molecule has 2 nitrogen and oxygen atoms in total. The lowest BCUT2D eigenvalue weighted by Gasteiger charge is -2.09. The standard InChI is InChI=1S/C16H16FNO/c1-10-8-13(17)7-6-12(10)9-16(19)14-4-3-5-15(18)11(14)2/h3-8H,9,18H2,1-2H3. The molecule has 2 aromatic carbocycles. The molecule has 98 valence electrons. The highest BCUT2D eigenvalue weighted by atomic mass is 19.1. The summed E-state index contributed by atoms with van der Waals surface area (Å²) >= 11 is 0. The fourth-order valence-electron chi connectivity index (χ4n) is 2.08. The van der Waals surface area contributed by atoms with Gasteiger partial charge in [0.15, 0.2) is 5.78 Å². The van der Waals surface area contributed by atoms with E-state index in [1.165, 1.54) is 12.1 Å². The molecule has 19 heavy (non-hydrogen) atoms. The van der Waals surface area contributed by atoms with Crippen molar-refractivity contribution in [1.82, 2.24) is 0 Å². The quantitative estimate of drug-likeness (QED) is 0.676. The van der Waals surface area contributed by atoms with E-state index in [0.29, 0.717) is 11.3 Å². The Morgan fingerprint density at radius 3 is 2.63 bits per heavy atom. The molecule has 0 amide bonds. The fourth-order valence-corrected chi connectivity index (χ4v) is 2.08. The van der Waals surface area contributed by atoms with Crippen LogP contribution in [0.15, 0.2) is 36.4 Å². The van der Waals surface area contributed by atoms with Crippen LogP contribution < -0.4 is 5.73 Å². The molecule has 0 aliphatic rings. The number of Topliss-reactive ketones (excluding diaryl/α,β-unsaturated/α-hetero) is 1. The Bertz CT molecular complexity index is 635. The average molecular weight is 257 g/mol. The molecule has 0 unspecified atom stereocenters. The Hall–Kier alpha value is -2.16. The van der Waals surface area contributed by atoms with Gasteiger partial charge in [0.05, 0.1) is 0 Å². The molecule has 0 spiro atoms. The van der Waals surface area contributed by atoms with Gasteiger partial charge >= 0.3 is 0 Å². The smallest absolute Gasteiger partial charge is 0.167 e. The van der Waals surface area contributed by atoms with E-state index in [0.717, 1.165) is 16.7 Å². The number of benzene rings is 2. The van der Waals surface area contributed by atoms with Crippen LogP contribution in [0.4, 0.5) is 10.1 Å². The van der Waals surface area contributed by atoms with Crippen LogP contribution in [-0.2, 0) is 6.42 Å². The first kappa shape index (κ1) is 13.3. The zero-order chi connectivity index (χ0) is 14.0. The summed E-state index contributed by atoms with van der Waals surface area (Å²) in [5, 5.41) is 0. The molecule has 0 radical (unpaired) electrons. The fraction of sp³-hybridized carbons (Fsp3) is 0.188. The van der Waals surface area contributed by atoms with Crippen molar-refractivity contribution in [3.8, 4) is 0 Å². The highest BCUT2D eigenvalue weighted by Gasteiger charge is 2.12. The summed E-state index contributed by atoms with van der Waals surface area (Å²) in [5.74, 6) is -0.284. The van der Waals surface area contributed by atoms with Gasteiger partial charge < -0.3 is 5.73 Å². The van der Waals surface area contributed by atoms with Crippen molar-refractivity contribution in [3.05, 3.63) is 64.5 Å². The average Bonchev–Trinajstić information content (AvgIpc) is 2.36. The molecule has 2 N–H and O–H groups in total. The van der Waals surface area contributed by atoms with Gasteiger partial charge in [0, 0.05) is 17.7 Å². The Morgan fingerprint density at radius 1 is 1.21 bits per heavy atom. The number of halogens is 1. The minimum Gasteiger partial charge on any atom is -0.398 e. The van der Waals surface area contributed by atoms with Crippen molar-refractivity contribution in [2.45, 2.75) is 20.3 Å². The van der Waals surface area contributed by atoms with Crippen molar-refractivity contribution in [1.29, 1.82) is 0 Å². The number of nitrogen functional groups attached to an aromatic ring is 1. The van der Waals surface area contributed by atoms with E-state index < -0.39 is 0 Å². The van der Waals surface area contributed by atoms with E-state index in [4.69, 9.17) is 5.73 Å². The lowest BCUT2D eigenvalue weighted by molar-refractivity contribution is 0.0992. The molecular weight excluding hydrogens is 241 g/mol. The normalized spacial score (nSPS) is 10.5. The van der Waals surface area contributed by atoms with Gasteiger partial charge in [-0.25, -0.2) is 4.39 Å². The summed E-state index contributed by atoms with van der Waals surface area (Å²) in [6.07, 6.45) is 0.260. The predicted molar refractivity (Wildman–Crippen MR) is 74.8 cm³/mol. The second-order valence-electron chi connectivity index (χ2n) is 4.69. The molecule has 2 rings (SSSR count). The molecule has 0 aliphatic heterocycles. The first-order valence-electron chi connectivity index (χ1n) is 6.12. The number of ketones is 1. The Morgan fingerprint density at radius 2 is 1.95 bits per heavy atom. The number of anilines is 1. The maximum absolute atomic E-state index is 13.0. The molecule has 0 saturated carbocycles. The molecule has 0 heterocycles. The van der Waals surface area contributed by atoms with E-state index in [1.54, 1.807) is 31.2 Å². The first-order chi connectivity index (χ1) is 8.99. The summed E-state index contributed by atoms with van der Waals surface area (Å²) in [6.45, 7) is 3.64. The summed E-state index contributed by atoms with van der Waals surface area (Å²) in [6, 6.07) is 9.79. The summed E-state index contributed by atoms with van der Waals surface area (Å²) in [7, 11) is 0. The number of hydrogen-bond acceptors (Lipinski definition) is 2. The van der Waals surface area contributed by atoms with E-state index in [1.807, 2.05) is 6.92 Å². The number of hydrogen-bond donors (Lipinski definition) is 1. The lowest BCUT2D eigenvalue weighted by atomic mass is 9.96. The SMILES string of the molecule is Cc1cc(F)ccc1CC(=O)c1cccc(N)c1C. The lowest BCUT2D eigenvalue weighted by Crippen LogP contribution is -2.08. The van der Waals surface area contributed by atoms with Gasteiger partial charge in [-0.1, -0.05) is 18.2 Å². The van der Waals surface area contributed by atoms with E-state index in [-0.39, 0.29) is 18.0 Å². The molecule has 0 fully saturated rings.